The van der Waals surface area contributed by atoms with E-state index >= 15 is 0 Å². The lowest BCUT2D eigenvalue weighted by atomic mass is 10.1. The quantitative estimate of drug-likeness (QED) is 0.0872. The van der Waals surface area contributed by atoms with E-state index in [4.69, 9.17) is 37.4 Å². The first-order valence-corrected chi connectivity index (χ1v) is 17.8. The van der Waals surface area contributed by atoms with Gasteiger partial charge in [0.1, 0.15) is 18.1 Å². The fourth-order valence-corrected chi connectivity index (χ4v) is 6.20. The molecule has 2 heterocycles. The molecule has 6 rings (SSSR count). The van der Waals surface area contributed by atoms with Crippen LogP contribution in [0.4, 0.5) is 0 Å². The Morgan fingerprint density at radius 2 is 1.53 bits per heavy atom. The van der Waals surface area contributed by atoms with E-state index in [2.05, 4.69) is 9.88 Å². The highest BCUT2D eigenvalue weighted by molar-refractivity contribution is 6.32. The molecule has 1 amide bonds. The molecule has 1 aromatic heterocycles. The summed E-state index contributed by atoms with van der Waals surface area (Å²) in [6.45, 7) is 7.73. The molecule has 11 heteroatoms. The molecule has 1 aliphatic rings. The summed E-state index contributed by atoms with van der Waals surface area (Å²) in [5, 5.41) is 1.06. The summed E-state index contributed by atoms with van der Waals surface area (Å²) in [4.78, 5) is 34.2. The van der Waals surface area contributed by atoms with Gasteiger partial charge < -0.3 is 19.1 Å². The molecule has 0 bridgehead atoms. The van der Waals surface area contributed by atoms with E-state index in [0.29, 0.717) is 58.4 Å². The second-order valence-corrected chi connectivity index (χ2v) is 13.4. The number of ketones is 1. The van der Waals surface area contributed by atoms with E-state index in [1.165, 1.54) is 0 Å². The normalized spacial score (nSPS) is 13.0. The lowest BCUT2D eigenvalue weighted by Gasteiger charge is -2.34. The third kappa shape index (κ3) is 11.1. The SMILES string of the molecule is Cc1ccc(OCC(=O)c2ccc(CN3CCN(C(=O)C=Cc4cc(C)c(Oc5ccc(OCc6ccccc6Cl)cn5)c(Cl)c4)CC3)cc2)cc1.Cl. The maximum absolute atomic E-state index is 13.0. The number of rotatable bonds is 13. The third-order valence-electron chi connectivity index (χ3n) is 8.69. The topological polar surface area (TPSA) is 81.2 Å². The summed E-state index contributed by atoms with van der Waals surface area (Å²) < 4.78 is 17.5. The zero-order valence-corrected chi connectivity index (χ0v) is 31.8. The summed E-state index contributed by atoms with van der Waals surface area (Å²) in [6, 6.07) is 30.0. The smallest absolute Gasteiger partial charge is 0.246 e. The van der Waals surface area contributed by atoms with Crippen LogP contribution in [0.3, 0.4) is 0 Å². The molecular formula is C42H40Cl3N3O5. The number of aromatic nitrogens is 1. The number of amides is 1. The predicted molar refractivity (Wildman–Crippen MR) is 212 cm³/mol. The van der Waals surface area contributed by atoms with E-state index in [9.17, 15) is 9.59 Å². The van der Waals surface area contributed by atoms with Crippen LogP contribution < -0.4 is 14.2 Å². The van der Waals surface area contributed by atoms with Gasteiger partial charge in [-0.05, 0) is 73.0 Å². The molecule has 53 heavy (non-hydrogen) atoms. The predicted octanol–water partition coefficient (Wildman–Crippen LogP) is 9.42. The van der Waals surface area contributed by atoms with Gasteiger partial charge >= 0.3 is 0 Å². The number of nitrogens with zero attached hydrogens (tertiary/aromatic N) is 3. The van der Waals surface area contributed by atoms with E-state index in [1.54, 1.807) is 36.5 Å². The highest BCUT2D eigenvalue weighted by atomic mass is 35.5. The maximum atomic E-state index is 13.0. The van der Waals surface area contributed by atoms with E-state index in [-0.39, 0.29) is 30.7 Å². The highest BCUT2D eigenvalue weighted by Crippen LogP contribution is 2.34. The van der Waals surface area contributed by atoms with Crippen molar-refractivity contribution >= 4 is 53.4 Å². The average molecular weight is 773 g/mol. The fourth-order valence-electron chi connectivity index (χ4n) is 5.70. The van der Waals surface area contributed by atoms with Crippen molar-refractivity contribution in [3.05, 3.63) is 153 Å². The Balaban J connectivity index is 0.00000541. The Morgan fingerprint density at radius 3 is 2.21 bits per heavy atom. The molecule has 0 unspecified atom stereocenters. The van der Waals surface area contributed by atoms with E-state index < -0.39 is 0 Å². The number of hydrogen-bond acceptors (Lipinski definition) is 7. The Morgan fingerprint density at radius 1 is 0.811 bits per heavy atom. The largest absolute Gasteiger partial charge is 0.487 e. The number of pyridine rings is 1. The number of halogens is 3. The Hall–Kier alpha value is -4.86. The molecule has 1 aliphatic heterocycles. The van der Waals surface area contributed by atoms with E-state index in [0.717, 1.165) is 47.5 Å². The van der Waals surface area contributed by atoms with Crippen molar-refractivity contribution < 1.29 is 23.8 Å². The zero-order valence-electron chi connectivity index (χ0n) is 29.5. The van der Waals surface area contributed by atoms with Crippen LogP contribution in [0.5, 0.6) is 23.1 Å². The van der Waals surface area contributed by atoms with Gasteiger partial charge in [0, 0.05) is 61.0 Å². The lowest BCUT2D eigenvalue weighted by molar-refractivity contribution is -0.127. The fraction of sp³-hybridized carbons (Fsp3) is 0.214. The van der Waals surface area contributed by atoms with Gasteiger partial charge in [0.2, 0.25) is 11.8 Å². The standard InChI is InChI=1S/C42H39Cl2N3O5.ClH/c1-29-7-14-35(15-8-29)51-28-39(48)33-12-9-31(10-13-33)26-46-19-21-47(22-20-46)41(49)18-11-32-23-30(2)42(38(44)24-32)52-40-17-16-36(25-45-40)50-27-34-5-3-4-6-37(34)43;/h3-18,23-25H,19-22,26-28H2,1-2H3;1H. The van der Waals surface area contributed by atoms with Crippen LogP contribution in [0.1, 0.15) is 38.2 Å². The molecule has 0 N–H and O–H groups in total. The average Bonchev–Trinajstić information content (AvgIpc) is 3.16. The zero-order chi connectivity index (χ0) is 36.5. The van der Waals surface area contributed by atoms with Gasteiger partial charge in [-0.15, -0.1) is 12.4 Å². The van der Waals surface area contributed by atoms with E-state index in [1.807, 2.05) is 97.6 Å². The second kappa shape index (κ2) is 18.8. The first kappa shape index (κ1) is 39.3. The first-order valence-electron chi connectivity index (χ1n) is 17.0. The second-order valence-electron chi connectivity index (χ2n) is 12.6. The van der Waals surface area contributed by atoms with Crippen LogP contribution in [-0.2, 0) is 17.9 Å². The Labute approximate surface area is 326 Å². The maximum Gasteiger partial charge on any atom is 0.246 e. The van der Waals surface area contributed by atoms with Crippen molar-refractivity contribution in [3.8, 4) is 23.1 Å². The number of carbonyl (C=O) groups excluding carboxylic acids is 2. The number of aryl methyl sites for hydroxylation is 2. The Bertz CT molecular complexity index is 2010. The number of Topliss-reactive ketones (excluding diaryl/α,β-unsaturated/α-hetero) is 1. The molecule has 4 aromatic carbocycles. The molecule has 1 saturated heterocycles. The number of benzene rings is 4. The minimum Gasteiger partial charge on any atom is -0.487 e. The number of piperazine rings is 1. The highest BCUT2D eigenvalue weighted by Gasteiger charge is 2.20. The van der Waals surface area contributed by atoms with Crippen LogP contribution in [0.25, 0.3) is 6.08 Å². The van der Waals surface area contributed by atoms with Gasteiger partial charge in [-0.25, -0.2) is 4.98 Å². The summed E-state index contributed by atoms with van der Waals surface area (Å²) in [7, 11) is 0. The summed E-state index contributed by atoms with van der Waals surface area (Å²) in [5.74, 6) is 2.02. The van der Waals surface area contributed by atoms with Crippen LogP contribution in [0.2, 0.25) is 10.0 Å². The minimum absolute atomic E-state index is 0. The van der Waals surface area contributed by atoms with Gasteiger partial charge in [-0.2, -0.15) is 0 Å². The van der Waals surface area contributed by atoms with Crippen molar-refractivity contribution in [2.75, 3.05) is 32.8 Å². The molecule has 5 aromatic rings. The number of hydrogen-bond donors (Lipinski definition) is 0. The van der Waals surface area contributed by atoms with Crippen molar-refractivity contribution in [1.82, 2.24) is 14.8 Å². The lowest BCUT2D eigenvalue weighted by Crippen LogP contribution is -2.47. The molecule has 0 atom stereocenters. The number of carbonyl (C=O) groups is 2. The van der Waals surface area contributed by atoms with Gasteiger partial charge in [0.05, 0.1) is 11.2 Å². The molecule has 0 radical (unpaired) electrons. The molecule has 274 valence electrons. The Kier molecular flexibility index (Phi) is 13.9. The summed E-state index contributed by atoms with van der Waals surface area (Å²) >= 11 is 12.8. The monoisotopic (exact) mass is 771 g/mol. The van der Waals surface area contributed by atoms with Crippen molar-refractivity contribution in [2.24, 2.45) is 0 Å². The van der Waals surface area contributed by atoms with Crippen LogP contribution in [0, 0.1) is 13.8 Å². The van der Waals surface area contributed by atoms with Gasteiger partial charge in [-0.3, -0.25) is 14.5 Å². The molecule has 0 spiro atoms. The van der Waals surface area contributed by atoms with Crippen molar-refractivity contribution in [2.45, 2.75) is 27.0 Å². The first-order chi connectivity index (χ1) is 25.2. The van der Waals surface area contributed by atoms with Crippen LogP contribution in [-0.4, -0.2) is 59.3 Å². The molecule has 0 aliphatic carbocycles. The molecule has 8 nitrogen and oxygen atoms in total. The van der Waals surface area contributed by atoms with Gasteiger partial charge in [-0.1, -0.05) is 83.4 Å². The van der Waals surface area contributed by atoms with Crippen LogP contribution in [0.15, 0.2) is 109 Å². The molecule has 0 saturated carbocycles. The minimum atomic E-state index is -0.0646. The van der Waals surface area contributed by atoms with Gasteiger partial charge in [0.15, 0.2) is 18.1 Å². The molecular weight excluding hydrogens is 733 g/mol. The van der Waals surface area contributed by atoms with Gasteiger partial charge in [0.25, 0.3) is 0 Å². The molecule has 1 fully saturated rings. The van der Waals surface area contributed by atoms with Crippen LogP contribution >= 0.6 is 35.6 Å². The number of ether oxygens (including phenoxy) is 3. The van der Waals surface area contributed by atoms with Crippen molar-refractivity contribution in [1.29, 1.82) is 0 Å². The third-order valence-corrected chi connectivity index (χ3v) is 9.34. The summed E-state index contributed by atoms with van der Waals surface area (Å²) in [5.41, 5.74) is 5.36. The van der Waals surface area contributed by atoms with Crippen molar-refractivity contribution in [3.63, 3.8) is 0 Å². The summed E-state index contributed by atoms with van der Waals surface area (Å²) in [6.07, 6.45) is 4.95.